The van der Waals surface area contributed by atoms with Gasteiger partial charge in [-0.3, -0.25) is 4.79 Å². The Balaban J connectivity index is 2.21. The maximum absolute atomic E-state index is 12.2. The molecule has 0 bridgehead atoms. The van der Waals surface area contributed by atoms with Crippen molar-refractivity contribution in [3.05, 3.63) is 48.2 Å². The molecule has 1 aromatic heterocycles. The Morgan fingerprint density at radius 2 is 2.16 bits per heavy atom. The first-order valence-electron chi connectivity index (χ1n) is 6.75. The standard InChI is InChI=1S/C16H20N2O/c1-3-5-8-11-17-16(19)15-12-13-9-6-7-10-14(13)18(15)4-2/h3,5-7,9-10,12H,4,8,11H2,1-2H3,(H,17,19)/b5-3+. The first-order valence-corrected chi connectivity index (χ1v) is 6.75. The third-order valence-electron chi connectivity index (χ3n) is 3.19. The Bertz CT molecular complexity index is 596. The number of hydrogen-bond acceptors (Lipinski definition) is 1. The van der Waals surface area contributed by atoms with Gasteiger partial charge in [0.05, 0.1) is 0 Å². The highest BCUT2D eigenvalue weighted by atomic mass is 16.1. The van der Waals surface area contributed by atoms with Crippen molar-refractivity contribution in [3.63, 3.8) is 0 Å². The number of rotatable bonds is 5. The van der Waals surface area contributed by atoms with E-state index in [2.05, 4.69) is 29.0 Å². The summed E-state index contributed by atoms with van der Waals surface area (Å²) >= 11 is 0. The van der Waals surface area contributed by atoms with Crippen LogP contribution in [-0.2, 0) is 6.54 Å². The van der Waals surface area contributed by atoms with Crippen molar-refractivity contribution in [1.29, 1.82) is 0 Å². The van der Waals surface area contributed by atoms with Crippen molar-refractivity contribution in [2.75, 3.05) is 6.54 Å². The quantitative estimate of drug-likeness (QED) is 0.646. The lowest BCUT2D eigenvalue weighted by Crippen LogP contribution is -2.26. The zero-order chi connectivity index (χ0) is 13.7. The molecule has 100 valence electrons. The van der Waals surface area contributed by atoms with Crippen molar-refractivity contribution in [2.24, 2.45) is 0 Å². The van der Waals surface area contributed by atoms with Gasteiger partial charge in [0.2, 0.25) is 0 Å². The van der Waals surface area contributed by atoms with E-state index in [0.29, 0.717) is 6.54 Å². The molecule has 0 saturated heterocycles. The van der Waals surface area contributed by atoms with Crippen LogP contribution in [0.2, 0.25) is 0 Å². The van der Waals surface area contributed by atoms with Crippen LogP contribution in [0.15, 0.2) is 42.5 Å². The van der Waals surface area contributed by atoms with Gasteiger partial charge in [0.25, 0.3) is 5.91 Å². The van der Waals surface area contributed by atoms with Gasteiger partial charge in [-0.2, -0.15) is 0 Å². The second-order valence-corrected chi connectivity index (χ2v) is 4.45. The van der Waals surface area contributed by atoms with E-state index in [-0.39, 0.29) is 5.91 Å². The van der Waals surface area contributed by atoms with Crippen molar-refractivity contribution < 1.29 is 4.79 Å². The monoisotopic (exact) mass is 256 g/mol. The molecule has 1 amide bonds. The van der Waals surface area contributed by atoms with Gasteiger partial charge in [0.1, 0.15) is 5.69 Å². The number of allylic oxidation sites excluding steroid dienone is 1. The van der Waals surface area contributed by atoms with Crippen molar-refractivity contribution in [1.82, 2.24) is 9.88 Å². The lowest BCUT2D eigenvalue weighted by molar-refractivity contribution is 0.0945. The van der Waals surface area contributed by atoms with Crippen molar-refractivity contribution in [2.45, 2.75) is 26.8 Å². The Labute approximate surface area is 113 Å². The molecule has 0 aliphatic rings. The van der Waals surface area contributed by atoms with Crippen molar-refractivity contribution in [3.8, 4) is 0 Å². The molecule has 3 nitrogen and oxygen atoms in total. The van der Waals surface area contributed by atoms with E-state index >= 15 is 0 Å². The molecule has 0 atom stereocenters. The van der Waals surface area contributed by atoms with E-state index < -0.39 is 0 Å². The number of amides is 1. The summed E-state index contributed by atoms with van der Waals surface area (Å²) in [5.41, 5.74) is 1.85. The summed E-state index contributed by atoms with van der Waals surface area (Å²) in [5.74, 6) is 0.00236. The van der Waals surface area contributed by atoms with E-state index in [1.54, 1.807) is 0 Å². The fraction of sp³-hybridized carbons (Fsp3) is 0.312. The number of benzene rings is 1. The molecule has 1 N–H and O–H groups in total. The number of aromatic nitrogens is 1. The Morgan fingerprint density at radius 3 is 2.89 bits per heavy atom. The zero-order valence-electron chi connectivity index (χ0n) is 11.5. The van der Waals surface area contributed by atoms with Crippen molar-refractivity contribution >= 4 is 16.8 Å². The van der Waals surface area contributed by atoms with Crippen LogP contribution in [0.1, 0.15) is 30.8 Å². The maximum Gasteiger partial charge on any atom is 0.267 e. The predicted molar refractivity (Wildman–Crippen MR) is 79.4 cm³/mol. The lowest BCUT2D eigenvalue weighted by atomic mass is 10.2. The molecule has 19 heavy (non-hydrogen) atoms. The zero-order valence-corrected chi connectivity index (χ0v) is 11.5. The number of para-hydroxylation sites is 1. The molecule has 1 heterocycles. The number of fused-ring (bicyclic) bond motifs is 1. The van der Waals surface area contributed by atoms with Crippen LogP contribution in [0.25, 0.3) is 10.9 Å². The van der Waals surface area contributed by atoms with E-state index in [9.17, 15) is 4.79 Å². The topological polar surface area (TPSA) is 34.0 Å². The summed E-state index contributed by atoms with van der Waals surface area (Å²) < 4.78 is 2.06. The number of nitrogens with one attached hydrogen (secondary N) is 1. The van der Waals surface area contributed by atoms with Crippen LogP contribution in [0.3, 0.4) is 0 Å². The second-order valence-electron chi connectivity index (χ2n) is 4.45. The minimum atomic E-state index is 0.00236. The molecular formula is C16H20N2O. The molecule has 0 fully saturated rings. The van der Waals surface area contributed by atoms with Gasteiger partial charge in [-0.05, 0) is 32.4 Å². The molecule has 0 unspecified atom stereocenters. The SMILES string of the molecule is C/C=C/CCNC(=O)c1cc2ccccc2n1CC. The highest BCUT2D eigenvalue weighted by Crippen LogP contribution is 2.19. The summed E-state index contributed by atoms with van der Waals surface area (Å²) in [4.78, 5) is 12.2. The summed E-state index contributed by atoms with van der Waals surface area (Å²) in [6.07, 6.45) is 4.92. The second kappa shape index (κ2) is 6.23. The number of carbonyl (C=O) groups excluding carboxylic acids is 1. The van der Waals surface area contributed by atoms with Gasteiger partial charge < -0.3 is 9.88 Å². The van der Waals surface area contributed by atoms with Gasteiger partial charge in [0, 0.05) is 24.0 Å². The van der Waals surface area contributed by atoms with Gasteiger partial charge >= 0.3 is 0 Å². The highest BCUT2D eigenvalue weighted by Gasteiger charge is 2.13. The van der Waals surface area contributed by atoms with Gasteiger partial charge in [-0.25, -0.2) is 0 Å². The molecule has 3 heteroatoms. The smallest absolute Gasteiger partial charge is 0.267 e. The first-order chi connectivity index (χ1) is 9.27. The van der Waals surface area contributed by atoms with E-state index in [1.165, 1.54) is 0 Å². The third-order valence-corrected chi connectivity index (χ3v) is 3.19. The summed E-state index contributed by atoms with van der Waals surface area (Å²) in [5, 5.41) is 4.07. The summed E-state index contributed by atoms with van der Waals surface area (Å²) in [7, 11) is 0. The molecule has 2 rings (SSSR count). The minimum absolute atomic E-state index is 0.00236. The molecule has 1 aromatic carbocycles. The first kappa shape index (κ1) is 13.4. The molecule has 2 aromatic rings. The number of carbonyl (C=O) groups is 1. The number of aryl methyl sites for hydroxylation is 1. The largest absolute Gasteiger partial charge is 0.350 e. The van der Waals surface area contributed by atoms with Gasteiger partial charge in [-0.15, -0.1) is 0 Å². The van der Waals surface area contributed by atoms with E-state index in [4.69, 9.17) is 0 Å². The van der Waals surface area contributed by atoms with Gasteiger partial charge in [0.15, 0.2) is 0 Å². The summed E-state index contributed by atoms with van der Waals surface area (Å²) in [6.45, 7) is 5.51. The normalized spacial score (nSPS) is 11.3. The number of hydrogen-bond donors (Lipinski definition) is 1. The molecular weight excluding hydrogens is 236 g/mol. The lowest BCUT2D eigenvalue weighted by Gasteiger charge is -2.08. The fourth-order valence-electron chi connectivity index (χ4n) is 2.27. The number of nitrogens with zero attached hydrogens (tertiary/aromatic N) is 1. The van der Waals surface area contributed by atoms with Crippen LogP contribution in [-0.4, -0.2) is 17.0 Å². The van der Waals surface area contributed by atoms with Crippen LogP contribution in [0.4, 0.5) is 0 Å². The predicted octanol–water partition coefficient (Wildman–Crippen LogP) is 3.36. The minimum Gasteiger partial charge on any atom is -0.350 e. The van der Waals surface area contributed by atoms with Crippen LogP contribution >= 0.6 is 0 Å². The van der Waals surface area contributed by atoms with E-state index in [0.717, 1.165) is 29.6 Å². The Kier molecular flexibility index (Phi) is 4.39. The summed E-state index contributed by atoms with van der Waals surface area (Å²) in [6, 6.07) is 10.1. The Morgan fingerprint density at radius 1 is 1.37 bits per heavy atom. The van der Waals surface area contributed by atoms with Crippen LogP contribution in [0.5, 0.6) is 0 Å². The maximum atomic E-state index is 12.2. The molecule has 0 radical (unpaired) electrons. The highest BCUT2D eigenvalue weighted by molar-refractivity contribution is 5.98. The molecule has 0 saturated carbocycles. The van der Waals surface area contributed by atoms with Crippen LogP contribution < -0.4 is 5.32 Å². The molecule has 0 aliphatic carbocycles. The van der Waals surface area contributed by atoms with Gasteiger partial charge in [-0.1, -0.05) is 30.4 Å². The fourth-order valence-corrected chi connectivity index (χ4v) is 2.27. The van der Waals surface area contributed by atoms with Crippen LogP contribution in [0, 0.1) is 0 Å². The third kappa shape index (κ3) is 2.87. The Hall–Kier alpha value is -2.03. The molecule has 0 spiro atoms. The average molecular weight is 256 g/mol. The average Bonchev–Trinajstić information content (AvgIpc) is 2.82. The van der Waals surface area contributed by atoms with E-state index in [1.807, 2.05) is 37.3 Å². The molecule has 0 aliphatic heterocycles.